The SMILES string of the molecule is Cn1nc(-c2ccc(Br)c(Cl)c2)c(-c2cccnc2)c1N. The van der Waals surface area contributed by atoms with Crippen LogP contribution in [-0.2, 0) is 7.05 Å². The lowest BCUT2D eigenvalue weighted by Gasteiger charge is -2.05. The molecule has 4 nitrogen and oxygen atoms in total. The molecule has 0 atom stereocenters. The number of aromatic nitrogens is 3. The maximum atomic E-state index is 6.18. The molecule has 0 radical (unpaired) electrons. The summed E-state index contributed by atoms with van der Waals surface area (Å²) in [7, 11) is 1.82. The average molecular weight is 364 g/mol. The number of aryl methyl sites for hydroxylation is 1. The topological polar surface area (TPSA) is 56.7 Å². The number of halogens is 2. The second-order valence-corrected chi connectivity index (χ2v) is 5.86. The van der Waals surface area contributed by atoms with Gasteiger partial charge in [-0.1, -0.05) is 23.7 Å². The molecule has 2 heterocycles. The number of hydrogen-bond donors (Lipinski definition) is 1. The first-order chi connectivity index (χ1) is 10.1. The molecule has 0 spiro atoms. The van der Waals surface area contributed by atoms with Crippen LogP contribution >= 0.6 is 27.5 Å². The van der Waals surface area contributed by atoms with Gasteiger partial charge in [0, 0.05) is 35.0 Å². The highest BCUT2D eigenvalue weighted by Gasteiger charge is 2.18. The average Bonchev–Trinajstić information content (AvgIpc) is 2.79. The monoisotopic (exact) mass is 362 g/mol. The first-order valence-electron chi connectivity index (χ1n) is 6.26. The molecule has 0 saturated heterocycles. The van der Waals surface area contributed by atoms with E-state index in [0.29, 0.717) is 10.8 Å². The smallest absolute Gasteiger partial charge is 0.129 e. The number of hydrogen-bond acceptors (Lipinski definition) is 3. The molecule has 0 amide bonds. The van der Waals surface area contributed by atoms with Gasteiger partial charge in [0.25, 0.3) is 0 Å². The predicted molar refractivity (Wildman–Crippen MR) is 89.0 cm³/mol. The Hall–Kier alpha value is -1.85. The van der Waals surface area contributed by atoms with E-state index in [0.717, 1.165) is 26.9 Å². The minimum absolute atomic E-state index is 0.594. The third-order valence-electron chi connectivity index (χ3n) is 3.23. The van der Waals surface area contributed by atoms with E-state index in [1.165, 1.54) is 0 Å². The molecule has 2 N–H and O–H groups in total. The van der Waals surface area contributed by atoms with E-state index in [1.54, 1.807) is 17.1 Å². The molecule has 0 aliphatic heterocycles. The highest BCUT2D eigenvalue weighted by Crippen LogP contribution is 2.37. The first-order valence-corrected chi connectivity index (χ1v) is 7.43. The fraction of sp³-hybridized carbons (Fsp3) is 0.0667. The summed E-state index contributed by atoms with van der Waals surface area (Å²) in [5, 5.41) is 5.15. The molecule has 0 aliphatic rings. The van der Waals surface area contributed by atoms with Crippen molar-refractivity contribution in [2.75, 3.05) is 5.73 Å². The Balaban J connectivity index is 2.24. The normalized spacial score (nSPS) is 10.8. The number of rotatable bonds is 2. The molecule has 3 rings (SSSR count). The van der Waals surface area contributed by atoms with Gasteiger partial charge >= 0.3 is 0 Å². The molecule has 1 aromatic carbocycles. The van der Waals surface area contributed by atoms with E-state index in [1.807, 2.05) is 37.4 Å². The number of anilines is 1. The van der Waals surface area contributed by atoms with Gasteiger partial charge in [0.2, 0.25) is 0 Å². The molecule has 0 fully saturated rings. The van der Waals surface area contributed by atoms with Crippen molar-refractivity contribution in [3.63, 3.8) is 0 Å². The van der Waals surface area contributed by atoms with Crippen LogP contribution in [-0.4, -0.2) is 14.8 Å². The Kier molecular flexibility index (Phi) is 3.69. The maximum absolute atomic E-state index is 6.18. The molecule has 106 valence electrons. The summed E-state index contributed by atoms with van der Waals surface area (Å²) in [4.78, 5) is 4.15. The van der Waals surface area contributed by atoms with E-state index in [4.69, 9.17) is 17.3 Å². The third-order valence-corrected chi connectivity index (χ3v) is 4.47. The van der Waals surface area contributed by atoms with Gasteiger partial charge in [-0.25, -0.2) is 0 Å². The van der Waals surface area contributed by atoms with Gasteiger partial charge in [-0.05, 0) is 34.1 Å². The lowest BCUT2D eigenvalue weighted by molar-refractivity contribution is 0.782. The van der Waals surface area contributed by atoms with Crippen LogP contribution in [0.15, 0.2) is 47.2 Å². The minimum atomic E-state index is 0.594. The van der Waals surface area contributed by atoms with E-state index >= 15 is 0 Å². The van der Waals surface area contributed by atoms with Crippen LogP contribution in [0.2, 0.25) is 5.02 Å². The van der Waals surface area contributed by atoms with Crippen LogP contribution < -0.4 is 5.73 Å². The van der Waals surface area contributed by atoms with Gasteiger partial charge in [-0.3, -0.25) is 9.67 Å². The lowest BCUT2D eigenvalue weighted by Crippen LogP contribution is -1.98. The number of nitrogen functional groups attached to an aromatic ring is 1. The lowest BCUT2D eigenvalue weighted by atomic mass is 10.0. The zero-order valence-electron chi connectivity index (χ0n) is 11.2. The fourth-order valence-electron chi connectivity index (χ4n) is 2.18. The third kappa shape index (κ3) is 2.54. The summed E-state index contributed by atoms with van der Waals surface area (Å²) >= 11 is 9.58. The Morgan fingerprint density at radius 3 is 2.71 bits per heavy atom. The van der Waals surface area contributed by atoms with Crippen molar-refractivity contribution in [2.24, 2.45) is 7.05 Å². The van der Waals surface area contributed by atoms with E-state index in [2.05, 4.69) is 26.0 Å². The van der Waals surface area contributed by atoms with Crippen molar-refractivity contribution < 1.29 is 0 Å². The van der Waals surface area contributed by atoms with Gasteiger partial charge in [0.05, 0.1) is 10.6 Å². The zero-order chi connectivity index (χ0) is 15.0. The summed E-state index contributed by atoms with van der Waals surface area (Å²) in [5.41, 5.74) is 9.66. The Bertz CT molecular complexity index is 799. The van der Waals surface area contributed by atoms with Crippen molar-refractivity contribution in [1.29, 1.82) is 0 Å². The van der Waals surface area contributed by atoms with Crippen LogP contribution in [0.25, 0.3) is 22.4 Å². The van der Waals surface area contributed by atoms with Crippen molar-refractivity contribution in [1.82, 2.24) is 14.8 Å². The fourth-order valence-corrected chi connectivity index (χ4v) is 2.60. The van der Waals surface area contributed by atoms with Gasteiger partial charge < -0.3 is 5.73 Å². The van der Waals surface area contributed by atoms with Crippen LogP contribution in [0, 0.1) is 0 Å². The molecule has 0 saturated carbocycles. The van der Waals surface area contributed by atoms with E-state index < -0.39 is 0 Å². The van der Waals surface area contributed by atoms with Crippen LogP contribution in [0.4, 0.5) is 5.82 Å². The summed E-state index contributed by atoms with van der Waals surface area (Å²) in [6.45, 7) is 0. The molecule has 2 aromatic heterocycles. The highest BCUT2D eigenvalue weighted by atomic mass is 79.9. The highest BCUT2D eigenvalue weighted by molar-refractivity contribution is 9.10. The molecule has 21 heavy (non-hydrogen) atoms. The molecular weight excluding hydrogens is 352 g/mol. The van der Waals surface area contributed by atoms with Gasteiger partial charge in [0.1, 0.15) is 11.5 Å². The second-order valence-electron chi connectivity index (χ2n) is 4.60. The molecule has 6 heteroatoms. The quantitative estimate of drug-likeness (QED) is 0.744. The summed E-state index contributed by atoms with van der Waals surface area (Å²) in [5.74, 6) is 0.594. The first kappa shape index (κ1) is 14.1. The Morgan fingerprint density at radius 2 is 2.05 bits per heavy atom. The van der Waals surface area contributed by atoms with E-state index in [9.17, 15) is 0 Å². The standard InChI is InChI=1S/C15H12BrClN4/c1-21-15(18)13(10-3-2-6-19-8-10)14(20-21)9-4-5-11(16)12(17)7-9/h2-8H,18H2,1H3. The molecular formula is C15H12BrClN4. The number of pyridine rings is 1. The zero-order valence-corrected chi connectivity index (χ0v) is 13.6. The summed E-state index contributed by atoms with van der Waals surface area (Å²) in [6, 6.07) is 9.56. The Morgan fingerprint density at radius 1 is 1.24 bits per heavy atom. The Labute approximate surface area is 135 Å². The second kappa shape index (κ2) is 5.50. The number of nitrogens with two attached hydrogens (primary N) is 1. The predicted octanol–water partition coefficient (Wildman–Crippen LogP) is 4.15. The van der Waals surface area contributed by atoms with Crippen LogP contribution in [0.3, 0.4) is 0 Å². The van der Waals surface area contributed by atoms with Crippen molar-refractivity contribution in [3.8, 4) is 22.4 Å². The molecule has 0 aliphatic carbocycles. The van der Waals surface area contributed by atoms with E-state index in [-0.39, 0.29) is 0 Å². The summed E-state index contributed by atoms with van der Waals surface area (Å²) in [6.07, 6.45) is 3.50. The largest absolute Gasteiger partial charge is 0.383 e. The number of benzene rings is 1. The van der Waals surface area contributed by atoms with Crippen molar-refractivity contribution in [3.05, 3.63) is 52.2 Å². The molecule has 0 unspecified atom stereocenters. The molecule has 0 bridgehead atoms. The summed E-state index contributed by atoms with van der Waals surface area (Å²) < 4.78 is 2.51. The van der Waals surface area contributed by atoms with Crippen molar-refractivity contribution >= 4 is 33.3 Å². The van der Waals surface area contributed by atoms with Gasteiger partial charge in [-0.2, -0.15) is 5.10 Å². The van der Waals surface area contributed by atoms with Crippen LogP contribution in [0.5, 0.6) is 0 Å². The van der Waals surface area contributed by atoms with Crippen molar-refractivity contribution in [2.45, 2.75) is 0 Å². The maximum Gasteiger partial charge on any atom is 0.129 e. The van der Waals surface area contributed by atoms with Gasteiger partial charge in [-0.15, -0.1) is 0 Å². The molecule has 3 aromatic rings. The van der Waals surface area contributed by atoms with Gasteiger partial charge in [0.15, 0.2) is 0 Å². The van der Waals surface area contributed by atoms with Crippen LogP contribution in [0.1, 0.15) is 0 Å². The minimum Gasteiger partial charge on any atom is -0.383 e. The number of nitrogens with zero attached hydrogens (tertiary/aromatic N) is 3.